The first-order chi connectivity index (χ1) is 12.8. The van der Waals surface area contributed by atoms with Crippen LogP contribution < -0.4 is 4.74 Å². The first kappa shape index (κ1) is 20.3. The lowest BCUT2D eigenvalue weighted by Crippen LogP contribution is -2.21. The summed E-state index contributed by atoms with van der Waals surface area (Å²) in [7, 11) is 3.29. The number of hydrogen-bond acceptors (Lipinski definition) is 4. The van der Waals surface area contributed by atoms with Crippen molar-refractivity contribution in [1.29, 1.82) is 0 Å². The predicted molar refractivity (Wildman–Crippen MR) is 99.4 cm³/mol. The number of aryl methyl sites for hydroxylation is 1. The van der Waals surface area contributed by atoms with E-state index in [4.69, 9.17) is 4.74 Å². The summed E-state index contributed by atoms with van der Waals surface area (Å²) in [5.41, 5.74) is 1.58. The van der Waals surface area contributed by atoms with E-state index in [1.807, 2.05) is 0 Å². The van der Waals surface area contributed by atoms with Gasteiger partial charge in [-0.05, 0) is 55.3 Å². The lowest BCUT2D eigenvalue weighted by atomic mass is 10.1. The maximum Gasteiger partial charge on any atom is 0.311 e. The van der Waals surface area contributed by atoms with Crippen molar-refractivity contribution >= 4 is 17.7 Å². The molecule has 0 fully saturated rings. The highest BCUT2D eigenvalue weighted by atomic mass is 19.1. The Bertz CT molecular complexity index is 844. The molecule has 0 spiro atoms. The van der Waals surface area contributed by atoms with Gasteiger partial charge in [-0.2, -0.15) is 0 Å². The Kier molecular flexibility index (Phi) is 6.82. The summed E-state index contributed by atoms with van der Waals surface area (Å²) in [6, 6.07) is 10.2. The highest BCUT2D eigenvalue weighted by molar-refractivity contribution is 5.96. The zero-order valence-corrected chi connectivity index (χ0v) is 15.6. The van der Waals surface area contributed by atoms with Crippen LogP contribution >= 0.6 is 0 Å². The zero-order valence-electron chi connectivity index (χ0n) is 15.6. The number of esters is 1. The third-order valence-electron chi connectivity index (χ3n) is 4.02. The lowest BCUT2D eigenvalue weighted by molar-refractivity contribution is -0.134. The molecule has 2 rings (SSSR count). The van der Waals surface area contributed by atoms with E-state index in [9.17, 15) is 18.8 Å². The van der Waals surface area contributed by atoms with Crippen LogP contribution in [0.4, 0.5) is 4.39 Å². The number of nitrogens with zero attached hydrogens (tertiary/aromatic N) is 1. The number of carbonyl (C=O) groups excluding carboxylic acids is 3. The van der Waals surface area contributed by atoms with Gasteiger partial charge in [0, 0.05) is 38.1 Å². The van der Waals surface area contributed by atoms with Crippen LogP contribution in [0.25, 0.3) is 0 Å². The van der Waals surface area contributed by atoms with Gasteiger partial charge < -0.3 is 9.64 Å². The molecular formula is C21H22FNO4. The molecular weight excluding hydrogens is 349 g/mol. The van der Waals surface area contributed by atoms with E-state index in [1.54, 1.807) is 39.2 Å². The van der Waals surface area contributed by atoms with Crippen LogP contribution in [0.3, 0.4) is 0 Å². The lowest BCUT2D eigenvalue weighted by Gasteiger charge is -2.13. The van der Waals surface area contributed by atoms with Crippen LogP contribution in [0.15, 0.2) is 42.5 Å². The highest BCUT2D eigenvalue weighted by Crippen LogP contribution is 2.21. The summed E-state index contributed by atoms with van der Waals surface area (Å²) in [4.78, 5) is 37.5. The number of benzene rings is 2. The van der Waals surface area contributed by atoms with Crippen LogP contribution in [0.2, 0.25) is 0 Å². The Balaban J connectivity index is 1.90. The summed E-state index contributed by atoms with van der Waals surface area (Å²) in [6.45, 7) is 1.78. The normalized spacial score (nSPS) is 10.4. The van der Waals surface area contributed by atoms with Crippen LogP contribution in [0.1, 0.15) is 45.5 Å². The molecule has 1 amide bonds. The SMILES string of the molecule is Cc1ccc(C(=O)N(C)C)cc1OC(=O)CCCC(=O)c1ccc(F)cc1. The standard InChI is InChI=1S/C21H22FNO4/c1-14-7-8-16(21(26)23(2)3)13-19(14)27-20(25)6-4-5-18(24)15-9-11-17(22)12-10-15/h7-13H,4-6H2,1-3H3. The molecule has 0 N–H and O–H groups in total. The van der Waals surface area contributed by atoms with E-state index in [1.165, 1.54) is 29.2 Å². The second-order valence-corrected chi connectivity index (χ2v) is 6.44. The molecule has 0 aliphatic carbocycles. The molecule has 2 aromatic rings. The molecule has 0 radical (unpaired) electrons. The van der Waals surface area contributed by atoms with Crippen molar-refractivity contribution in [2.24, 2.45) is 0 Å². The number of ketones is 1. The minimum Gasteiger partial charge on any atom is -0.426 e. The number of hydrogen-bond donors (Lipinski definition) is 0. The van der Waals surface area contributed by atoms with Crippen molar-refractivity contribution < 1.29 is 23.5 Å². The van der Waals surface area contributed by atoms with Crippen LogP contribution in [0, 0.1) is 12.7 Å². The van der Waals surface area contributed by atoms with Gasteiger partial charge in [-0.3, -0.25) is 14.4 Å². The maximum absolute atomic E-state index is 12.9. The van der Waals surface area contributed by atoms with Crippen molar-refractivity contribution in [3.05, 3.63) is 65.0 Å². The minimum absolute atomic E-state index is 0.0677. The first-order valence-corrected chi connectivity index (χ1v) is 8.59. The highest BCUT2D eigenvalue weighted by Gasteiger charge is 2.14. The average molecular weight is 371 g/mol. The van der Waals surface area contributed by atoms with Crippen molar-refractivity contribution in [1.82, 2.24) is 4.90 Å². The van der Waals surface area contributed by atoms with Gasteiger partial charge >= 0.3 is 5.97 Å². The van der Waals surface area contributed by atoms with Crippen molar-refractivity contribution in [2.45, 2.75) is 26.2 Å². The number of Topliss-reactive ketones (excluding diaryl/α,β-unsaturated/α-hetero) is 1. The number of ether oxygens (including phenoxy) is 1. The van der Waals surface area contributed by atoms with Crippen LogP contribution in [-0.4, -0.2) is 36.7 Å². The van der Waals surface area contributed by atoms with Crippen molar-refractivity contribution in [3.8, 4) is 5.75 Å². The number of halogens is 1. The Morgan fingerprint density at radius 1 is 0.963 bits per heavy atom. The topological polar surface area (TPSA) is 63.7 Å². The van der Waals surface area contributed by atoms with Crippen LogP contribution in [0.5, 0.6) is 5.75 Å². The molecule has 5 nitrogen and oxygen atoms in total. The van der Waals surface area contributed by atoms with E-state index < -0.39 is 11.8 Å². The fourth-order valence-corrected chi connectivity index (χ4v) is 2.45. The second-order valence-electron chi connectivity index (χ2n) is 6.44. The van der Waals surface area contributed by atoms with Gasteiger partial charge in [0.15, 0.2) is 5.78 Å². The molecule has 0 heterocycles. The smallest absolute Gasteiger partial charge is 0.311 e. The summed E-state index contributed by atoms with van der Waals surface area (Å²) in [5, 5.41) is 0. The summed E-state index contributed by atoms with van der Waals surface area (Å²) in [6.07, 6.45) is 0.557. The Labute approximate surface area is 157 Å². The molecule has 0 atom stereocenters. The molecule has 142 valence electrons. The van der Waals surface area contributed by atoms with Gasteiger partial charge in [0.2, 0.25) is 0 Å². The third-order valence-corrected chi connectivity index (χ3v) is 4.02. The average Bonchev–Trinajstić information content (AvgIpc) is 2.63. The Morgan fingerprint density at radius 3 is 2.22 bits per heavy atom. The minimum atomic E-state index is -0.473. The monoisotopic (exact) mass is 371 g/mol. The largest absolute Gasteiger partial charge is 0.426 e. The van der Waals surface area contributed by atoms with Crippen molar-refractivity contribution in [3.63, 3.8) is 0 Å². The molecule has 0 saturated carbocycles. The number of rotatable bonds is 7. The molecule has 0 bridgehead atoms. The molecule has 0 unspecified atom stereocenters. The summed E-state index contributed by atoms with van der Waals surface area (Å²) in [5.74, 6) is -0.882. The van der Waals surface area contributed by atoms with E-state index in [-0.39, 0.29) is 24.5 Å². The summed E-state index contributed by atoms with van der Waals surface area (Å²) >= 11 is 0. The molecule has 2 aromatic carbocycles. The van der Waals surface area contributed by atoms with E-state index in [2.05, 4.69) is 0 Å². The molecule has 0 aliphatic heterocycles. The number of carbonyl (C=O) groups is 3. The molecule has 0 aromatic heterocycles. The third kappa shape index (κ3) is 5.74. The van der Waals surface area contributed by atoms with Gasteiger partial charge in [-0.15, -0.1) is 0 Å². The van der Waals surface area contributed by atoms with E-state index >= 15 is 0 Å². The van der Waals surface area contributed by atoms with Gasteiger partial charge in [-0.25, -0.2) is 4.39 Å². The molecule has 0 aliphatic rings. The molecule has 6 heteroatoms. The van der Waals surface area contributed by atoms with Gasteiger partial charge in [0.1, 0.15) is 11.6 Å². The second kappa shape index (κ2) is 9.07. The molecule has 0 saturated heterocycles. The van der Waals surface area contributed by atoms with Gasteiger partial charge in [-0.1, -0.05) is 6.07 Å². The van der Waals surface area contributed by atoms with Gasteiger partial charge in [0.05, 0.1) is 0 Å². The Morgan fingerprint density at radius 2 is 1.59 bits per heavy atom. The maximum atomic E-state index is 12.9. The number of amides is 1. The zero-order chi connectivity index (χ0) is 20.0. The van der Waals surface area contributed by atoms with Gasteiger partial charge in [0.25, 0.3) is 5.91 Å². The first-order valence-electron chi connectivity index (χ1n) is 8.59. The molecule has 27 heavy (non-hydrogen) atoms. The van der Waals surface area contributed by atoms with E-state index in [0.29, 0.717) is 23.3 Å². The summed E-state index contributed by atoms with van der Waals surface area (Å²) < 4.78 is 18.2. The fraction of sp³-hybridized carbons (Fsp3) is 0.286. The van der Waals surface area contributed by atoms with Crippen molar-refractivity contribution in [2.75, 3.05) is 14.1 Å². The van der Waals surface area contributed by atoms with Crippen LogP contribution in [-0.2, 0) is 4.79 Å². The Hall–Kier alpha value is -3.02. The van der Waals surface area contributed by atoms with E-state index in [0.717, 1.165) is 5.56 Å². The quantitative estimate of drug-likeness (QED) is 0.422. The fourth-order valence-electron chi connectivity index (χ4n) is 2.45. The predicted octanol–water partition coefficient (Wildman–Crippen LogP) is 3.79.